The normalized spacial score (nSPS) is 21.3. The zero-order chi connectivity index (χ0) is 17.6. The third kappa shape index (κ3) is 3.34. The first-order valence-electron chi connectivity index (χ1n) is 7.25. The Kier molecular flexibility index (Phi) is 4.47. The Bertz CT molecular complexity index is 574. The van der Waals surface area contributed by atoms with E-state index in [0.29, 0.717) is 5.56 Å². The predicted molar refractivity (Wildman–Crippen MR) is 81.0 cm³/mol. The quantitative estimate of drug-likeness (QED) is 0.863. The van der Waals surface area contributed by atoms with Crippen LogP contribution in [0.25, 0.3) is 0 Å². The number of methoxy groups -OCH3 is 1. The summed E-state index contributed by atoms with van der Waals surface area (Å²) in [6, 6.07) is 3.21. The molecule has 1 heterocycles. The van der Waals surface area contributed by atoms with Gasteiger partial charge >= 0.3 is 13.3 Å². The second-order valence-corrected chi connectivity index (χ2v) is 6.60. The first-order chi connectivity index (χ1) is 10.4. The van der Waals surface area contributed by atoms with E-state index < -0.39 is 36.0 Å². The van der Waals surface area contributed by atoms with Gasteiger partial charge in [0.15, 0.2) is 0 Å². The van der Waals surface area contributed by atoms with Crippen LogP contribution in [0, 0.1) is 0 Å². The van der Waals surface area contributed by atoms with Crippen molar-refractivity contribution in [3.63, 3.8) is 0 Å². The summed E-state index contributed by atoms with van der Waals surface area (Å²) in [6.45, 7) is 7.51. The molecule has 1 saturated heterocycles. The van der Waals surface area contributed by atoms with Crippen LogP contribution in [0.2, 0.25) is 0 Å². The molecule has 0 amide bonds. The topological polar surface area (TPSA) is 53.7 Å². The van der Waals surface area contributed by atoms with Crippen molar-refractivity contribution >= 4 is 7.12 Å². The lowest BCUT2D eigenvalue weighted by atomic mass is 9.74. The fraction of sp³-hybridized carbons (Fsp3) is 0.600. The number of nitrogens with two attached hydrogens (primary N) is 1. The number of hydrogen-bond donors (Lipinski definition) is 1. The van der Waals surface area contributed by atoms with Gasteiger partial charge in [-0.1, -0.05) is 6.07 Å². The standard InChI is InChI=1S/C15H21BF3NO3/c1-13(2)14(3,4)23-16(22-13)12(20)10-7-6-9(15(17,18)19)8-11(10)21-5/h6-8,12H,20H2,1-5H3/t12-/m0/s1. The van der Waals surface area contributed by atoms with Gasteiger partial charge in [0.05, 0.1) is 29.8 Å². The van der Waals surface area contributed by atoms with E-state index >= 15 is 0 Å². The van der Waals surface area contributed by atoms with Crippen molar-refractivity contribution in [3.05, 3.63) is 29.3 Å². The van der Waals surface area contributed by atoms with E-state index in [0.717, 1.165) is 12.1 Å². The van der Waals surface area contributed by atoms with Crippen LogP contribution in [-0.2, 0) is 15.5 Å². The summed E-state index contributed by atoms with van der Waals surface area (Å²) < 4.78 is 55.2. The molecule has 0 spiro atoms. The molecule has 4 nitrogen and oxygen atoms in total. The van der Waals surface area contributed by atoms with Crippen molar-refractivity contribution in [1.29, 1.82) is 0 Å². The van der Waals surface area contributed by atoms with Gasteiger partial charge in [-0.15, -0.1) is 0 Å². The highest BCUT2D eigenvalue weighted by Crippen LogP contribution is 2.41. The predicted octanol–water partition coefficient (Wildman–Crippen LogP) is 3.35. The summed E-state index contributed by atoms with van der Waals surface area (Å²) in [4.78, 5) is 0. The molecule has 0 saturated carbocycles. The van der Waals surface area contributed by atoms with Gasteiger partial charge in [-0.05, 0) is 39.8 Å². The Balaban J connectivity index is 2.32. The summed E-state index contributed by atoms with van der Waals surface area (Å²) in [5.41, 5.74) is 4.63. The number of alkyl halides is 3. The Morgan fingerprint density at radius 3 is 2.09 bits per heavy atom. The van der Waals surface area contributed by atoms with Crippen LogP contribution in [0.15, 0.2) is 18.2 Å². The van der Waals surface area contributed by atoms with Crippen molar-refractivity contribution in [1.82, 2.24) is 0 Å². The van der Waals surface area contributed by atoms with E-state index in [2.05, 4.69) is 0 Å². The van der Waals surface area contributed by atoms with E-state index in [1.165, 1.54) is 13.2 Å². The molecular weight excluding hydrogens is 310 g/mol. The third-order valence-electron chi connectivity index (χ3n) is 4.48. The summed E-state index contributed by atoms with van der Waals surface area (Å²) in [5.74, 6) is -0.713. The zero-order valence-electron chi connectivity index (χ0n) is 13.8. The molecule has 0 bridgehead atoms. The first kappa shape index (κ1) is 18.1. The van der Waals surface area contributed by atoms with Gasteiger partial charge in [0.1, 0.15) is 5.75 Å². The maximum Gasteiger partial charge on any atom is 0.480 e. The highest BCUT2D eigenvalue weighted by atomic mass is 19.4. The molecule has 1 aromatic rings. The van der Waals surface area contributed by atoms with Crippen molar-refractivity contribution in [3.8, 4) is 5.75 Å². The van der Waals surface area contributed by atoms with Crippen LogP contribution in [0.3, 0.4) is 0 Å². The number of rotatable bonds is 3. The Morgan fingerprint density at radius 1 is 1.13 bits per heavy atom. The molecule has 0 radical (unpaired) electrons. The van der Waals surface area contributed by atoms with Crippen LogP contribution in [0.5, 0.6) is 5.75 Å². The average Bonchev–Trinajstić information content (AvgIpc) is 2.65. The molecule has 8 heteroatoms. The summed E-state index contributed by atoms with van der Waals surface area (Å²) >= 11 is 0. The van der Waals surface area contributed by atoms with E-state index in [1.54, 1.807) is 0 Å². The molecule has 1 atom stereocenters. The number of ether oxygens (including phenoxy) is 1. The molecule has 1 aliphatic rings. The second-order valence-electron chi connectivity index (χ2n) is 6.60. The summed E-state index contributed by atoms with van der Waals surface area (Å²) in [6.07, 6.45) is -4.44. The monoisotopic (exact) mass is 331 g/mol. The Labute approximate surface area is 134 Å². The molecule has 23 heavy (non-hydrogen) atoms. The number of halogens is 3. The van der Waals surface area contributed by atoms with Crippen molar-refractivity contribution in [2.24, 2.45) is 5.73 Å². The second kappa shape index (κ2) is 5.68. The molecule has 0 unspecified atom stereocenters. The SMILES string of the molecule is COc1cc(C(F)(F)F)ccc1[C@H](N)B1OC(C)(C)C(C)(C)O1. The van der Waals surface area contributed by atoms with Gasteiger partial charge in [0.25, 0.3) is 0 Å². The number of benzene rings is 1. The molecular formula is C15H21BF3NO3. The van der Waals surface area contributed by atoms with Crippen LogP contribution in [-0.4, -0.2) is 25.4 Å². The first-order valence-corrected chi connectivity index (χ1v) is 7.25. The maximum absolute atomic E-state index is 12.8. The molecule has 0 aromatic heterocycles. The summed E-state index contributed by atoms with van der Waals surface area (Å²) in [7, 11) is 0.529. The lowest BCUT2D eigenvalue weighted by Crippen LogP contribution is -2.41. The third-order valence-corrected chi connectivity index (χ3v) is 4.48. The average molecular weight is 331 g/mol. The molecule has 2 N–H and O–H groups in total. The minimum Gasteiger partial charge on any atom is -0.496 e. The highest BCUT2D eigenvalue weighted by molar-refractivity contribution is 6.47. The van der Waals surface area contributed by atoms with Gasteiger partial charge in [0, 0.05) is 5.56 Å². The fourth-order valence-electron chi connectivity index (χ4n) is 2.34. The molecule has 1 aromatic carbocycles. The van der Waals surface area contributed by atoms with Crippen LogP contribution in [0.1, 0.15) is 44.8 Å². The van der Waals surface area contributed by atoms with Crippen molar-refractivity contribution in [2.75, 3.05) is 7.11 Å². The van der Waals surface area contributed by atoms with E-state index in [4.69, 9.17) is 19.8 Å². The fourth-order valence-corrected chi connectivity index (χ4v) is 2.34. The summed E-state index contributed by atoms with van der Waals surface area (Å²) in [5, 5.41) is 0. The minimum absolute atomic E-state index is 0.0574. The zero-order valence-corrected chi connectivity index (χ0v) is 13.8. The Morgan fingerprint density at radius 2 is 1.65 bits per heavy atom. The van der Waals surface area contributed by atoms with Crippen LogP contribution >= 0.6 is 0 Å². The van der Waals surface area contributed by atoms with E-state index in [1.807, 2.05) is 27.7 Å². The molecule has 128 valence electrons. The van der Waals surface area contributed by atoms with Gasteiger partial charge in [-0.25, -0.2) is 0 Å². The van der Waals surface area contributed by atoms with Gasteiger partial charge in [-0.2, -0.15) is 13.2 Å². The Hall–Kier alpha value is -1.25. The van der Waals surface area contributed by atoms with Gasteiger partial charge in [-0.3, -0.25) is 0 Å². The molecule has 0 aliphatic carbocycles. The van der Waals surface area contributed by atoms with Crippen LogP contribution < -0.4 is 10.5 Å². The smallest absolute Gasteiger partial charge is 0.480 e. The lowest BCUT2D eigenvalue weighted by Gasteiger charge is -2.32. The maximum atomic E-state index is 12.8. The lowest BCUT2D eigenvalue weighted by molar-refractivity contribution is -0.137. The number of hydrogen-bond acceptors (Lipinski definition) is 4. The van der Waals surface area contributed by atoms with Crippen LogP contribution in [0.4, 0.5) is 13.2 Å². The van der Waals surface area contributed by atoms with Gasteiger partial charge in [0.2, 0.25) is 0 Å². The van der Waals surface area contributed by atoms with Gasteiger partial charge < -0.3 is 19.8 Å². The molecule has 1 fully saturated rings. The molecule has 2 rings (SSSR count). The van der Waals surface area contributed by atoms with E-state index in [9.17, 15) is 13.2 Å². The highest BCUT2D eigenvalue weighted by Gasteiger charge is 2.53. The van der Waals surface area contributed by atoms with E-state index in [-0.39, 0.29) is 5.75 Å². The van der Waals surface area contributed by atoms with Crippen molar-refractivity contribution in [2.45, 2.75) is 51.0 Å². The molecule has 1 aliphatic heterocycles. The van der Waals surface area contributed by atoms with Crippen molar-refractivity contribution < 1.29 is 27.2 Å². The largest absolute Gasteiger partial charge is 0.496 e. The minimum atomic E-state index is -4.44.